The Bertz CT molecular complexity index is 569. The van der Waals surface area contributed by atoms with E-state index in [0.29, 0.717) is 12.5 Å². The van der Waals surface area contributed by atoms with Crippen LogP contribution in [0.15, 0.2) is 23.1 Å². The normalized spacial score (nSPS) is 17.6. The van der Waals surface area contributed by atoms with Gasteiger partial charge in [-0.2, -0.15) is 0 Å². The molecule has 1 aliphatic rings. The maximum absolute atomic E-state index is 13.0. The van der Waals surface area contributed by atoms with E-state index in [2.05, 4.69) is 0 Å². The predicted octanol–water partition coefficient (Wildman–Crippen LogP) is 2.61. The first-order valence-corrected chi connectivity index (χ1v) is 8.36. The summed E-state index contributed by atoms with van der Waals surface area (Å²) in [4.78, 5) is -0.0165. The number of rotatable bonds is 4. The molecule has 0 unspecified atom stereocenters. The molecular weight excluding hydrogens is 279 g/mol. The lowest BCUT2D eigenvalue weighted by atomic mass is 9.89. The van der Waals surface area contributed by atoms with E-state index in [1.165, 1.54) is 16.8 Å². The zero-order chi connectivity index (χ0) is 14.8. The van der Waals surface area contributed by atoms with Gasteiger partial charge in [-0.3, -0.25) is 0 Å². The summed E-state index contributed by atoms with van der Waals surface area (Å²) in [5, 5.41) is 0. The van der Waals surface area contributed by atoms with Crippen LogP contribution in [0, 0.1) is 11.7 Å². The van der Waals surface area contributed by atoms with E-state index < -0.39 is 15.8 Å². The molecule has 0 radical (unpaired) electrons. The molecular formula is C14H21FN2O2S. The molecule has 1 fully saturated rings. The number of hydrogen-bond donors (Lipinski definition) is 1. The largest absolute Gasteiger partial charge is 0.398 e. The number of nitrogens with zero attached hydrogens (tertiary/aromatic N) is 1. The summed E-state index contributed by atoms with van der Waals surface area (Å²) in [6.45, 7) is 0.499. The first kappa shape index (κ1) is 15.3. The van der Waals surface area contributed by atoms with Crippen molar-refractivity contribution in [1.82, 2.24) is 4.31 Å². The first-order valence-electron chi connectivity index (χ1n) is 6.92. The Morgan fingerprint density at radius 2 is 1.95 bits per heavy atom. The van der Waals surface area contributed by atoms with Crippen molar-refractivity contribution in [3.63, 3.8) is 0 Å². The number of hydrogen-bond acceptors (Lipinski definition) is 3. The van der Waals surface area contributed by atoms with Crippen LogP contribution in [0.1, 0.15) is 32.1 Å². The Morgan fingerprint density at radius 1 is 1.30 bits per heavy atom. The Labute approximate surface area is 119 Å². The average molecular weight is 300 g/mol. The van der Waals surface area contributed by atoms with E-state index >= 15 is 0 Å². The lowest BCUT2D eigenvalue weighted by Crippen LogP contribution is -2.33. The van der Waals surface area contributed by atoms with Gasteiger partial charge in [0.15, 0.2) is 0 Å². The number of sulfonamides is 1. The number of halogens is 1. The molecule has 0 amide bonds. The SMILES string of the molecule is CN(CC1CCCCC1)S(=O)(=O)c1ccc(F)cc1N. The molecule has 0 aliphatic heterocycles. The van der Waals surface area contributed by atoms with Gasteiger partial charge in [0.25, 0.3) is 0 Å². The molecule has 112 valence electrons. The van der Waals surface area contributed by atoms with E-state index in [-0.39, 0.29) is 10.6 Å². The third-order valence-corrected chi connectivity index (χ3v) is 5.80. The molecule has 0 saturated heterocycles. The minimum atomic E-state index is -3.64. The van der Waals surface area contributed by atoms with Gasteiger partial charge in [0, 0.05) is 13.6 Å². The van der Waals surface area contributed by atoms with Gasteiger partial charge >= 0.3 is 0 Å². The van der Waals surface area contributed by atoms with Gasteiger partial charge in [-0.05, 0) is 37.0 Å². The van der Waals surface area contributed by atoms with Crippen LogP contribution >= 0.6 is 0 Å². The van der Waals surface area contributed by atoms with Crippen molar-refractivity contribution in [3.8, 4) is 0 Å². The molecule has 2 rings (SSSR count). The second kappa shape index (κ2) is 6.10. The number of nitrogens with two attached hydrogens (primary N) is 1. The van der Waals surface area contributed by atoms with E-state index in [9.17, 15) is 12.8 Å². The average Bonchev–Trinajstić information content (AvgIpc) is 2.39. The van der Waals surface area contributed by atoms with Crippen LogP contribution in [-0.4, -0.2) is 26.3 Å². The smallest absolute Gasteiger partial charge is 0.244 e. The van der Waals surface area contributed by atoms with Crippen molar-refractivity contribution >= 4 is 15.7 Å². The van der Waals surface area contributed by atoms with Gasteiger partial charge in [0.2, 0.25) is 10.0 Å². The van der Waals surface area contributed by atoms with Crippen LogP contribution in [0.5, 0.6) is 0 Å². The summed E-state index contributed by atoms with van der Waals surface area (Å²) in [6, 6.07) is 3.40. The van der Waals surface area contributed by atoms with Crippen LogP contribution in [0.4, 0.5) is 10.1 Å². The molecule has 0 atom stereocenters. The monoisotopic (exact) mass is 300 g/mol. The minimum absolute atomic E-state index is 0.0165. The fourth-order valence-corrected chi connectivity index (χ4v) is 4.09. The molecule has 1 aliphatic carbocycles. The molecule has 0 bridgehead atoms. The van der Waals surface area contributed by atoms with Gasteiger partial charge in [-0.25, -0.2) is 17.1 Å². The van der Waals surface area contributed by atoms with Crippen LogP contribution in [0.25, 0.3) is 0 Å². The molecule has 2 N–H and O–H groups in total. The van der Waals surface area contributed by atoms with Crippen LogP contribution < -0.4 is 5.73 Å². The van der Waals surface area contributed by atoms with E-state index in [1.54, 1.807) is 7.05 Å². The highest BCUT2D eigenvalue weighted by atomic mass is 32.2. The van der Waals surface area contributed by atoms with Crippen molar-refractivity contribution < 1.29 is 12.8 Å². The lowest BCUT2D eigenvalue weighted by Gasteiger charge is -2.26. The van der Waals surface area contributed by atoms with Crippen molar-refractivity contribution in [1.29, 1.82) is 0 Å². The molecule has 4 nitrogen and oxygen atoms in total. The molecule has 0 spiro atoms. The summed E-state index contributed by atoms with van der Waals surface area (Å²) >= 11 is 0. The second-order valence-corrected chi connectivity index (χ2v) is 7.49. The molecule has 1 saturated carbocycles. The third kappa shape index (κ3) is 3.30. The minimum Gasteiger partial charge on any atom is -0.398 e. The summed E-state index contributed by atoms with van der Waals surface area (Å²) in [5.41, 5.74) is 5.59. The maximum atomic E-state index is 13.0. The topological polar surface area (TPSA) is 63.4 Å². The summed E-state index contributed by atoms with van der Waals surface area (Å²) in [6.07, 6.45) is 5.70. The fraction of sp³-hybridized carbons (Fsp3) is 0.571. The van der Waals surface area contributed by atoms with Crippen molar-refractivity contribution in [2.75, 3.05) is 19.3 Å². The van der Waals surface area contributed by atoms with Crippen molar-refractivity contribution in [2.45, 2.75) is 37.0 Å². The molecule has 6 heteroatoms. The molecule has 0 aromatic heterocycles. The lowest BCUT2D eigenvalue weighted by molar-refractivity contribution is 0.300. The van der Waals surface area contributed by atoms with Crippen molar-refractivity contribution in [2.24, 2.45) is 5.92 Å². The Morgan fingerprint density at radius 3 is 2.55 bits per heavy atom. The first-order chi connectivity index (χ1) is 9.41. The van der Waals surface area contributed by atoms with E-state index in [1.807, 2.05) is 0 Å². The molecule has 1 aromatic rings. The maximum Gasteiger partial charge on any atom is 0.244 e. The van der Waals surface area contributed by atoms with Crippen LogP contribution in [-0.2, 0) is 10.0 Å². The number of nitrogen functional groups attached to an aromatic ring is 1. The van der Waals surface area contributed by atoms with Gasteiger partial charge < -0.3 is 5.73 Å². The fourth-order valence-electron chi connectivity index (χ4n) is 2.75. The van der Waals surface area contributed by atoms with E-state index in [0.717, 1.165) is 37.8 Å². The number of benzene rings is 1. The number of anilines is 1. The summed E-state index contributed by atoms with van der Waals surface area (Å²) < 4.78 is 39.3. The second-order valence-electron chi connectivity index (χ2n) is 5.47. The van der Waals surface area contributed by atoms with Gasteiger partial charge in [0.1, 0.15) is 10.7 Å². The predicted molar refractivity (Wildman–Crippen MR) is 77.2 cm³/mol. The van der Waals surface area contributed by atoms with E-state index in [4.69, 9.17) is 5.73 Å². The molecule has 20 heavy (non-hydrogen) atoms. The molecule has 0 heterocycles. The molecule has 1 aromatic carbocycles. The quantitative estimate of drug-likeness (QED) is 0.869. The highest BCUT2D eigenvalue weighted by molar-refractivity contribution is 7.89. The van der Waals surface area contributed by atoms with Crippen LogP contribution in [0.3, 0.4) is 0 Å². The zero-order valence-electron chi connectivity index (χ0n) is 11.7. The third-order valence-electron chi connectivity index (χ3n) is 3.90. The van der Waals surface area contributed by atoms with Gasteiger partial charge in [0.05, 0.1) is 5.69 Å². The highest BCUT2D eigenvalue weighted by Crippen LogP contribution is 2.27. The Kier molecular flexibility index (Phi) is 4.65. The highest BCUT2D eigenvalue weighted by Gasteiger charge is 2.26. The van der Waals surface area contributed by atoms with Crippen LogP contribution in [0.2, 0.25) is 0 Å². The van der Waals surface area contributed by atoms with Gasteiger partial charge in [-0.1, -0.05) is 19.3 Å². The summed E-state index contributed by atoms with van der Waals surface area (Å²) in [7, 11) is -2.08. The Hall–Kier alpha value is -1.14. The zero-order valence-corrected chi connectivity index (χ0v) is 12.5. The van der Waals surface area contributed by atoms with Gasteiger partial charge in [-0.15, -0.1) is 0 Å². The van der Waals surface area contributed by atoms with Crippen molar-refractivity contribution in [3.05, 3.63) is 24.0 Å². The summed E-state index contributed by atoms with van der Waals surface area (Å²) in [5.74, 6) is -0.124. The Balaban J connectivity index is 2.16. The standard InChI is InChI=1S/C14H21FN2O2S/c1-17(10-11-5-3-2-4-6-11)20(18,19)14-8-7-12(15)9-13(14)16/h7-9,11H,2-6,10,16H2,1H3.